The molecule has 9 heteroatoms. The Morgan fingerprint density at radius 3 is 2.38 bits per heavy atom. The molecule has 5 rings (SSSR count). The minimum Gasteiger partial charge on any atom is -0.490 e. The van der Waals surface area contributed by atoms with Crippen molar-refractivity contribution in [1.29, 1.82) is 0 Å². The maximum atomic E-state index is 14.6. The summed E-state index contributed by atoms with van der Waals surface area (Å²) in [5.74, 6) is 4.78. The molecular weight excluding hydrogens is 455 g/mol. The molecule has 1 saturated heterocycles. The van der Waals surface area contributed by atoms with Gasteiger partial charge >= 0.3 is 0 Å². The highest BCUT2D eigenvalue weighted by atomic mass is 32.2. The third-order valence-corrected chi connectivity index (χ3v) is 7.55. The third kappa shape index (κ3) is 4.84. The van der Waals surface area contributed by atoms with Crippen molar-refractivity contribution in [2.24, 2.45) is 0 Å². The van der Waals surface area contributed by atoms with Crippen LogP contribution in [0.3, 0.4) is 0 Å². The van der Waals surface area contributed by atoms with Crippen LogP contribution in [-0.2, 0) is 9.52 Å². The number of benzene rings is 1. The van der Waals surface area contributed by atoms with Crippen molar-refractivity contribution in [2.75, 3.05) is 24.2 Å². The van der Waals surface area contributed by atoms with Crippen LogP contribution in [0.5, 0.6) is 5.75 Å². The summed E-state index contributed by atoms with van der Waals surface area (Å²) >= 11 is 0. The van der Waals surface area contributed by atoms with Crippen molar-refractivity contribution in [1.82, 2.24) is 14.5 Å². The van der Waals surface area contributed by atoms with E-state index in [4.69, 9.17) is 4.74 Å². The molecule has 0 N–H and O–H groups in total. The number of hydrogen-bond acceptors (Lipinski definition) is 6. The predicted octanol–water partition coefficient (Wildman–Crippen LogP) is 3.40. The van der Waals surface area contributed by atoms with Gasteiger partial charge in [-0.25, -0.2) is 14.4 Å². The van der Waals surface area contributed by atoms with Gasteiger partial charge in [-0.1, -0.05) is 0 Å². The predicted molar refractivity (Wildman–Crippen MR) is 131 cm³/mol. The maximum Gasteiger partial charge on any atom is 0.258 e. The van der Waals surface area contributed by atoms with Crippen molar-refractivity contribution in [3.05, 3.63) is 70.7 Å². The smallest absolute Gasteiger partial charge is 0.258 e. The summed E-state index contributed by atoms with van der Waals surface area (Å²) in [5.41, 5.74) is 0.905. The Balaban J connectivity index is 1.22. The van der Waals surface area contributed by atoms with Crippen molar-refractivity contribution in [3.63, 3.8) is 0 Å². The van der Waals surface area contributed by atoms with E-state index < -0.39 is 20.9 Å². The van der Waals surface area contributed by atoms with E-state index >= 15 is 0 Å². The Bertz CT molecular complexity index is 1360. The first-order chi connectivity index (χ1) is 16.3. The minimum atomic E-state index is -2.54. The first-order valence-electron chi connectivity index (χ1n) is 11.4. The minimum absolute atomic E-state index is 0.0250. The summed E-state index contributed by atoms with van der Waals surface area (Å²) in [7, 11) is -2.54. The van der Waals surface area contributed by atoms with Gasteiger partial charge in [0.25, 0.3) is 5.56 Å². The van der Waals surface area contributed by atoms with Gasteiger partial charge in [0.15, 0.2) is 0 Å². The summed E-state index contributed by atoms with van der Waals surface area (Å²) in [6.07, 6.45) is 10.8. The van der Waals surface area contributed by atoms with Crippen LogP contribution in [-0.4, -0.2) is 50.1 Å². The first-order valence-corrected chi connectivity index (χ1v) is 13.5. The number of aromatic nitrogens is 3. The zero-order chi connectivity index (χ0) is 23.9. The molecule has 1 atom stereocenters. The fraction of sp³-hybridized carbons (Fsp3) is 0.360. The lowest BCUT2D eigenvalue weighted by Crippen LogP contribution is -2.39. The Hall–Kier alpha value is -3.20. The van der Waals surface area contributed by atoms with E-state index in [9.17, 15) is 13.4 Å². The molecule has 0 bridgehead atoms. The molecule has 178 valence electrons. The second-order valence-corrected chi connectivity index (χ2v) is 11.6. The number of rotatable bonds is 6. The molecule has 2 aromatic heterocycles. The Morgan fingerprint density at radius 1 is 1.09 bits per heavy atom. The monoisotopic (exact) mass is 482 g/mol. The summed E-state index contributed by atoms with van der Waals surface area (Å²) in [5, 5.41) is 0. The molecule has 0 spiro atoms. The number of pyridine rings is 1. The molecule has 2 aliphatic rings. The zero-order valence-corrected chi connectivity index (χ0v) is 19.8. The quantitative estimate of drug-likeness (QED) is 0.501. The zero-order valence-electron chi connectivity index (χ0n) is 19.0. The fourth-order valence-electron chi connectivity index (χ4n) is 4.17. The highest BCUT2D eigenvalue weighted by molar-refractivity contribution is 7.99. The molecule has 0 radical (unpaired) electrons. The molecule has 1 aromatic carbocycles. The molecule has 3 aromatic rings. The molecule has 3 heterocycles. The van der Waals surface area contributed by atoms with Crippen LogP contribution in [0, 0.1) is 5.82 Å². The molecular formula is C25H27FN4O3S. The third-order valence-electron chi connectivity index (χ3n) is 6.30. The molecule has 34 heavy (non-hydrogen) atoms. The lowest BCUT2D eigenvalue weighted by Gasteiger charge is -2.32. The molecule has 2 fully saturated rings. The van der Waals surface area contributed by atoms with Gasteiger partial charge in [-0.15, -0.1) is 0 Å². The second kappa shape index (κ2) is 8.87. The van der Waals surface area contributed by atoms with Gasteiger partial charge in [-0.05, 0) is 64.0 Å². The number of halogens is 1. The van der Waals surface area contributed by atoms with E-state index in [-0.39, 0.29) is 11.8 Å². The van der Waals surface area contributed by atoms with E-state index in [1.807, 2.05) is 12.4 Å². The number of nitrogens with zero attached hydrogens (tertiary/aromatic N) is 4. The summed E-state index contributed by atoms with van der Waals surface area (Å²) in [6, 6.07) is 7.16. The number of ether oxygens (including phenoxy) is 1. The SMILES string of the molecule is C=S(C)(=O)c1ccc(-n2ccc(OC3CCN(c4ncc(C5CC5)cn4)CC3)cc2=O)c(F)c1. The van der Waals surface area contributed by atoms with Gasteiger partial charge in [0.2, 0.25) is 5.95 Å². The summed E-state index contributed by atoms with van der Waals surface area (Å²) in [6.45, 7) is 1.55. The van der Waals surface area contributed by atoms with Gasteiger partial charge in [-0.3, -0.25) is 13.6 Å². The first kappa shape index (κ1) is 22.6. The Kier molecular flexibility index (Phi) is 5.89. The molecule has 1 unspecified atom stereocenters. The van der Waals surface area contributed by atoms with Crippen LogP contribution in [0.25, 0.3) is 5.69 Å². The van der Waals surface area contributed by atoms with Gasteiger partial charge in [0.1, 0.15) is 17.7 Å². The van der Waals surface area contributed by atoms with Gasteiger partial charge < -0.3 is 9.64 Å². The van der Waals surface area contributed by atoms with Crippen LogP contribution < -0.4 is 15.2 Å². The number of anilines is 1. The van der Waals surface area contributed by atoms with Crippen LogP contribution in [0.2, 0.25) is 0 Å². The van der Waals surface area contributed by atoms with E-state index in [1.54, 1.807) is 6.07 Å². The maximum absolute atomic E-state index is 14.6. The number of hydrogen-bond donors (Lipinski definition) is 0. The lowest BCUT2D eigenvalue weighted by atomic mass is 10.1. The molecule has 1 aliphatic carbocycles. The van der Waals surface area contributed by atoms with E-state index in [1.165, 1.54) is 59.7 Å². The Morgan fingerprint density at radius 2 is 1.79 bits per heavy atom. The number of piperidine rings is 1. The van der Waals surface area contributed by atoms with E-state index in [2.05, 4.69) is 20.7 Å². The largest absolute Gasteiger partial charge is 0.490 e. The average molecular weight is 483 g/mol. The molecule has 7 nitrogen and oxygen atoms in total. The summed E-state index contributed by atoms with van der Waals surface area (Å²) in [4.78, 5) is 24.2. The molecule has 1 saturated carbocycles. The van der Waals surface area contributed by atoms with Crippen molar-refractivity contribution < 1.29 is 13.3 Å². The topological polar surface area (TPSA) is 77.3 Å². The highest BCUT2D eigenvalue weighted by Gasteiger charge is 2.26. The van der Waals surface area contributed by atoms with E-state index in [0.29, 0.717) is 16.6 Å². The highest BCUT2D eigenvalue weighted by Crippen LogP contribution is 2.39. The average Bonchev–Trinajstić information content (AvgIpc) is 3.65. The van der Waals surface area contributed by atoms with E-state index in [0.717, 1.165) is 31.9 Å². The fourth-order valence-corrected chi connectivity index (χ4v) is 4.88. The van der Waals surface area contributed by atoms with Gasteiger partial charge in [0, 0.05) is 61.7 Å². The Labute approximate surface area is 198 Å². The van der Waals surface area contributed by atoms with Crippen LogP contribution in [0.15, 0.2) is 58.6 Å². The summed E-state index contributed by atoms with van der Waals surface area (Å²) < 4.78 is 33.9. The second-order valence-electron chi connectivity index (χ2n) is 9.08. The van der Waals surface area contributed by atoms with Gasteiger partial charge in [0.05, 0.1) is 5.69 Å². The standard InChI is InChI=1S/C25H27FN4O3S/c1-34(2,32)21-5-6-23(22(26)14-21)30-12-9-20(13-24(30)31)33-19-7-10-29(11-8-19)25-27-15-18(16-28-25)17-3-4-17/h5-6,9,12-17,19H,1,3-4,7-8,10-11H2,2H3. The molecule has 0 amide bonds. The van der Waals surface area contributed by atoms with Crippen molar-refractivity contribution >= 4 is 21.3 Å². The van der Waals surface area contributed by atoms with Crippen molar-refractivity contribution in [2.45, 2.75) is 42.6 Å². The van der Waals surface area contributed by atoms with Crippen molar-refractivity contribution in [3.8, 4) is 11.4 Å². The lowest BCUT2D eigenvalue weighted by molar-refractivity contribution is 0.170. The van der Waals surface area contributed by atoms with Crippen LogP contribution in [0.4, 0.5) is 10.3 Å². The molecule has 1 aliphatic heterocycles. The van der Waals surface area contributed by atoms with Crippen LogP contribution >= 0.6 is 0 Å². The van der Waals surface area contributed by atoms with Gasteiger partial charge in [-0.2, -0.15) is 0 Å². The normalized spacial score (nSPS) is 18.5. The van der Waals surface area contributed by atoms with Crippen LogP contribution in [0.1, 0.15) is 37.2 Å².